The van der Waals surface area contributed by atoms with Crippen LogP contribution in [0.2, 0.25) is 0 Å². The van der Waals surface area contributed by atoms with Crippen molar-refractivity contribution >= 4 is 11.6 Å². The molecule has 0 spiro atoms. The van der Waals surface area contributed by atoms with E-state index in [1.165, 1.54) is 13.2 Å². The van der Waals surface area contributed by atoms with E-state index in [2.05, 4.69) is 12.2 Å². The van der Waals surface area contributed by atoms with Gasteiger partial charge in [-0.05, 0) is 36.3 Å². The van der Waals surface area contributed by atoms with Crippen molar-refractivity contribution in [1.82, 2.24) is 4.90 Å². The van der Waals surface area contributed by atoms with Crippen molar-refractivity contribution in [1.29, 1.82) is 0 Å². The van der Waals surface area contributed by atoms with Crippen molar-refractivity contribution in [3.05, 3.63) is 46.0 Å². The number of nitro groups is 1. The van der Waals surface area contributed by atoms with Gasteiger partial charge in [-0.15, -0.1) is 0 Å². The molecule has 6 heteroatoms. The molecular weight excluding hydrogens is 296 g/mol. The van der Waals surface area contributed by atoms with Gasteiger partial charge < -0.3 is 9.64 Å². The van der Waals surface area contributed by atoms with Gasteiger partial charge >= 0.3 is 5.69 Å². The zero-order chi connectivity index (χ0) is 16.6. The third-order valence-electron chi connectivity index (χ3n) is 4.83. The van der Waals surface area contributed by atoms with E-state index >= 15 is 0 Å². The number of ether oxygens (including phenoxy) is 1. The molecule has 0 aromatic heterocycles. The highest BCUT2D eigenvalue weighted by molar-refractivity contribution is 5.80. The Morgan fingerprint density at radius 3 is 2.74 bits per heavy atom. The Balaban J connectivity index is 1.71. The van der Waals surface area contributed by atoms with Crippen molar-refractivity contribution in [2.45, 2.75) is 19.4 Å². The third-order valence-corrected chi connectivity index (χ3v) is 4.83. The van der Waals surface area contributed by atoms with Crippen LogP contribution in [0.1, 0.15) is 18.4 Å². The number of allylic oxidation sites excluding steroid dienone is 2. The zero-order valence-corrected chi connectivity index (χ0v) is 13.3. The Hall–Kier alpha value is -2.37. The summed E-state index contributed by atoms with van der Waals surface area (Å²) >= 11 is 0. The third kappa shape index (κ3) is 2.93. The van der Waals surface area contributed by atoms with E-state index in [0.717, 1.165) is 18.4 Å². The Kier molecular flexibility index (Phi) is 4.07. The molecule has 0 radical (unpaired) electrons. The Morgan fingerprint density at radius 2 is 2.17 bits per heavy atom. The minimum Gasteiger partial charge on any atom is -0.490 e. The lowest BCUT2D eigenvalue weighted by molar-refractivity contribution is -0.385. The second-order valence-electron chi connectivity index (χ2n) is 6.34. The molecule has 2 bridgehead atoms. The molecule has 122 valence electrons. The predicted molar refractivity (Wildman–Crippen MR) is 85.0 cm³/mol. The second kappa shape index (κ2) is 6.02. The van der Waals surface area contributed by atoms with Gasteiger partial charge in [0.25, 0.3) is 0 Å². The molecule has 1 fully saturated rings. The van der Waals surface area contributed by atoms with Crippen molar-refractivity contribution in [3.8, 4) is 5.75 Å². The fourth-order valence-corrected chi connectivity index (χ4v) is 3.68. The highest BCUT2D eigenvalue weighted by Crippen LogP contribution is 2.44. The van der Waals surface area contributed by atoms with Crippen LogP contribution in [-0.2, 0) is 11.3 Å². The summed E-state index contributed by atoms with van der Waals surface area (Å²) in [5, 5.41) is 11.1. The summed E-state index contributed by atoms with van der Waals surface area (Å²) < 4.78 is 5.00. The lowest BCUT2D eigenvalue weighted by Crippen LogP contribution is -2.34. The Labute approximate surface area is 134 Å². The average molecular weight is 316 g/mol. The fraction of sp³-hybridized carbons (Fsp3) is 0.471. The molecule has 1 amide bonds. The maximum Gasteiger partial charge on any atom is 0.311 e. The van der Waals surface area contributed by atoms with E-state index in [4.69, 9.17) is 4.74 Å². The first-order valence-corrected chi connectivity index (χ1v) is 7.74. The van der Waals surface area contributed by atoms with Crippen LogP contribution in [0, 0.1) is 27.9 Å². The van der Waals surface area contributed by atoms with Crippen LogP contribution in [0.5, 0.6) is 5.75 Å². The van der Waals surface area contributed by atoms with Crippen LogP contribution in [0.25, 0.3) is 0 Å². The van der Waals surface area contributed by atoms with Gasteiger partial charge in [-0.3, -0.25) is 14.9 Å². The molecule has 1 aromatic carbocycles. The minimum absolute atomic E-state index is 0.0586. The van der Waals surface area contributed by atoms with E-state index < -0.39 is 4.92 Å². The maximum atomic E-state index is 12.6. The molecular formula is C17H20N2O4. The number of rotatable bonds is 5. The number of hydrogen-bond donors (Lipinski definition) is 0. The summed E-state index contributed by atoms with van der Waals surface area (Å²) in [7, 11) is 3.16. The number of nitro benzene ring substituents is 1. The molecule has 2 aliphatic rings. The predicted octanol–water partition coefficient (Wildman–Crippen LogP) is 2.77. The molecule has 0 N–H and O–H groups in total. The summed E-state index contributed by atoms with van der Waals surface area (Å²) in [5.41, 5.74) is 0.653. The Morgan fingerprint density at radius 1 is 1.39 bits per heavy atom. The van der Waals surface area contributed by atoms with Gasteiger partial charge in [0.1, 0.15) is 0 Å². The van der Waals surface area contributed by atoms with Gasteiger partial charge in [0.15, 0.2) is 5.75 Å². The highest BCUT2D eigenvalue weighted by Gasteiger charge is 2.40. The monoisotopic (exact) mass is 316 g/mol. The number of benzene rings is 1. The summed E-state index contributed by atoms with van der Waals surface area (Å²) in [6, 6.07) is 4.81. The molecule has 6 nitrogen and oxygen atoms in total. The summed E-state index contributed by atoms with van der Waals surface area (Å²) in [4.78, 5) is 24.9. The highest BCUT2D eigenvalue weighted by atomic mass is 16.6. The molecule has 0 unspecified atom stereocenters. The molecule has 2 aliphatic carbocycles. The molecule has 23 heavy (non-hydrogen) atoms. The molecule has 3 atom stereocenters. The van der Waals surface area contributed by atoms with Crippen molar-refractivity contribution < 1.29 is 14.5 Å². The number of methoxy groups -OCH3 is 1. The number of carbonyl (C=O) groups is 1. The van der Waals surface area contributed by atoms with Gasteiger partial charge in [-0.25, -0.2) is 0 Å². The summed E-state index contributed by atoms with van der Waals surface area (Å²) in [6.07, 6.45) is 6.37. The van der Waals surface area contributed by atoms with E-state index in [0.29, 0.717) is 18.4 Å². The quantitative estimate of drug-likeness (QED) is 0.476. The molecule has 3 rings (SSSR count). The lowest BCUT2D eigenvalue weighted by atomic mass is 9.92. The van der Waals surface area contributed by atoms with E-state index in [1.54, 1.807) is 24.1 Å². The first-order valence-electron chi connectivity index (χ1n) is 7.74. The largest absolute Gasteiger partial charge is 0.490 e. The number of fused-ring (bicyclic) bond motifs is 2. The molecule has 0 saturated heterocycles. The van der Waals surface area contributed by atoms with Crippen LogP contribution < -0.4 is 4.74 Å². The van der Waals surface area contributed by atoms with Gasteiger partial charge in [-0.1, -0.05) is 18.2 Å². The summed E-state index contributed by atoms with van der Waals surface area (Å²) in [5.74, 6) is 1.32. The normalized spacial score (nSPS) is 24.7. The molecule has 0 aliphatic heterocycles. The van der Waals surface area contributed by atoms with Crippen LogP contribution in [0.3, 0.4) is 0 Å². The summed E-state index contributed by atoms with van der Waals surface area (Å²) in [6.45, 7) is 0.362. The van der Waals surface area contributed by atoms with Crippen LogP contribution >= 0.6 is 0 Å². The topological polar surface area (TPSA) is 72.7 Å². The minimum atomic E-state index is -0.467. The van der Waals surface area contributed by atoms with Gasteiger partial charge in [0.05, 0.1) is 12.0 Å². The van der Waals surface area contributed by atoms with Crippen molar-refractivity contribution in [2.24, 2.45) is 17.8 Å². The van der Waals surface area contributed by atoms with Gasteiger partial charge in [0.2, 0.25) is 5.91 Å². The van der Waals surface area contributed by atoms with E-state index in [9.17, 15) is 14.9 Å². The Bertz CT molecular complexity index is 671. The maximum absolute atomic E-state index is 12.6. The number of nitrogens with zero attached hydrogens (tertiary/aromatic N) is 2. The number of amides is 1. The number of hydrogen-bond acceptors (Lipinski definition) is 4. The zero-order valence-electron chi connectivity index (χ0n) is 13.3. The SMILES string of the molecule is COc1ccc(CN(C)C(=O)[C@H]2C[C@H]3C=C[C@H]2C3)cc1[N+](=O)[O-]. The first-order chi connectivity index (χ1) is 11.0. The van der Waals surface area contributed by atoms with E-state index in [-0.39, 0.29) is 23.3 Å². The van der Waals surface area contributed by atoms with E-state index in [1.807, 2.05) is 0 Å². The standard InChI is InChI=1S/C17H20N2O4/c1-18(17(20)14-8-11-3-5-13(14)7-11)10-12-4-6-16(23-2)15(9-12)19(21)22/h3-6,9,11,13-14H,7-8,10H2,1-2H3/t11-,13-,14-/m0/s1. The second-order valence-corrected chi connectivity index (χ2v) is 6.34. The van der Waals surface area contributed by atoms with Gasteiger partial charge in [0, 0.05) is 25.6 Å². The van der Waals surface area contributed by atoms with Crippen molar-refractivity contribution in [2.75, 3.05) is 14.2 Å². The molecule has 1 aromatic rings. The smallest absolute Gasteiger partial charge is 0.311 e. The first kappa shape index (κ1) is 15.5. The molecule has 1 saturated carbocycles. The van der Waals surface area contributed by atoms with Gasteiger partial charge in [-0.2, -0.15) is 0 Å². The van der Waals surface area contributed by atoms with Crippen LogP contribution in [0.4, 0.5) is 5.69 Å². The molecule has 0 heterocycles. The van der Waals surface area contributed by atoms with Crippen LogP contribution in [-0.4, -0.2) is 29.9 Å². The number of carbonyl (C=O) groups excluding carboxylic acids is 1. The average Bonchev–Trinajstić information content (AvgIpc) is 3.16. The fourth-order valence-electron chi connectivity index (χ4n) is 3.68. The van der Waals surface area contributed by atoms with Crippen molar-refractivity contribution in [3.63, 3.8) is 0 Å². The van der Waals surface area contributed by atoms with Crippen LogP contribution in [0.15, 0.2) is 30.4 Å². The lowest BCUT2D eigenvalue weighted by Gasteiger charge is -2.24.